The quantitative estimate of drug-likeness (QED) is 0.442. The molecule has 0 fully saturated rings. The third-order valence-electron chi connectivity index (χ3n) is 3.57. The van der Waals surface area contributed by atoms with Crippen LogP contribution in [0, 0.1) is 20.8 Å². The van der Waals surface area contributed by atoms with Gasteiger partial charge in [0.25, 0.3) is 5.91 Å². The van der Waals surface area contributed by atoms with Crippen LogP contribution in [0.15, 0.2) is 29.4 Å². The van der Waals surface area contributed by atoms with Gasteiger partial charge in [-0.25, -0.2) is 9.97 Å². The summed E-state index contributed by atoms with van der Waals surface area (Å²) in [5, 5.41) is 3.23. The number of nitrogens with one attached hydrogen (secondary N) is 1. The molecular formula is C19H23N3O4S. The molecule has 0 aliphatic rings. The molecule has 1 aromatic carbocycles. The van der Waals surface area contributed by atoms with Crippen LogP contribution in [0.5, 0.6) is 5.75 Å². The summed E-state index contributed by atoms with van der Waals surface area (Å²) in [5.74, 6) is -0.384. The molecule has 0 bridgehead atoms. The number of aryl methyl sites for hydroxylation is 3. The number of hydrogen-bond acceptors (Lipinski definition) is 7. The Hall–Kier alpha value is -2.61. The predicted molar refractivity (Wildman–Crippen MR) is 104 cm³/mol. The van der Waals surface area contributed by atoms with Crippen LogP contribution < -0.4 is 10.1 Å². The number of carbonyl (C=O) groups is 2. The number of esters is 1. The first-order valence-electron chi connectivity index (χ1n) is 8.38. The first kappa shape index (κ1) is 20.7. The number of nitrogens with zero attached hydrogens (tertiary/aromatic N) is 2. The highest BCUT2D eigenvalue weighted by molar-refractivity contribution is 7.99. The van der Waals surface area contributed by atoms with Gasteiger partial charge in [0.15, 0.2) is 11.3 Å². The van der Waals surface area contributed by atoms with Gasteiger partial charge in [-0.3, -0.25) is 9.59 Å². The van der Waals surface area contributed by atoms with Crippen LogP contribution in [-0.2, 0) is 14.3 Å². The first-order valence-corrected chi connectivity index (χ1v) is 9.37. The molecule has 1 atom stereocenters. The molecule has 144 valence electrons. The Labute approximate surface area is 162 Å². The van der Waals surface area contributed by atoms with Gasteiger partial charge in [0.2, 0.25) is 0 Å². The molecule has 1 aromatic heterocycles. The first-order chi connectivity index (χ1) is 12.8. The molecule has 1 amide bonds. The molecule has 0 aliphatic heterocycles. The normalized spacial score (nSPS) is 11.6. The third kappa shape index (κ3) is 6.25. The number of methoxy groups -OCH3 is 1. The molecule has 1 N–H and O–H groups in total. The molecular weight excluding hydrogens is 366 g/mol. The minimum atomic E-state index is -0.941. The molecule has 0 unspecified atom stereocenters. The highest BCUT2D eigenvalue weighted by atomic mass is 32.2. The van der Waals surface area contributed by atoms with Gasteiger partial charge in [-0.1, -0.05) is 17.8 Å². The van der Waals surface area contributed by atoms with E-state index in [-0.39, 0.29) is 5.75 Å². The van der Waals surface area contributed by atoms with Gasteiger partial charge in [-0.15, -0.1) is 0 Å². The fourth-order valence-electron chi connectivity index (χ4n) is 2.32. The highest BCUT2D eigenvalue weighted by Gasteiger charge is 2.19. The van der Waals surface area contributed by atoms with Crippen molar-refractivity contribution in [2.24, 2.45) is 0 Å². The van der Waals surface area contributed by atoms with Gasteiger partial charge in [-0.05, 0) is 51.5 Å². The Balaban J connectivity index is 1.90. The maximum Gasteiger partial charge on any atom is 0.317 e. The largest absolute Gasteiger partial charge is 0.495 e. The summed E-state index contributed by atoms with van der Waals surface area (Å²) in [6.07, 6.45) is -0.941. The van der Waals surface area contributed by atoms with E-state index in [4.69, 9.17) is 9.47 Å². The van der Waals surface area contributed by atoms with Gasteiger partial charge in [0.05, 0.1) is 18.6 Å². The number of benzene rings is 1. The summed E-state index contributed by atoms with van der Waals surface area (Å²) in [6.45, 7) is 7.16. The van der Waals surface area contributed by atoms with Crippen molar-refractivity contribution in [2.75, 3.05) is 18.2 Å². The Morgan fingerprint density at radius 2 is 1.81 bits per heavy atom. The van der Waals surface area contributed by atoms with Crippen molar-refractivity contribution in [3.63, 3.8) is 0 Å². The molecule has 0 spiro atoms. The number of thioether (sulfide) groups is 1. The smallest absolute Gasteiger partial charge is 0.317 e. The number of hydrogen-bond donors (Lipinski definition) is 1. The average Bonchev–Trinajstić information content (AvgIpc) is 2.59. The van der Waals surface area contributed by atoms with Crippen LogP contribution in [0.1, 0.15) is 23.9 Å². The standard InChI is InChI=1S/C19H23N3O4S/c1-11-6-7-16(25-5)15(8-11)22-18(24)14(4)26-17(23)10-27-19-20-12(2)9-13(3)21-19/h6-9,14H,10H2,1-5H3,(H,22,24)/t14-/m1/s1. The minimum Gasteiger partial charge on any atom is -0.495 e. The summed E-state index contributed by atoms with van der Waals surface area (Å²) in [6, 6.07) is 7.29. The maximum atomic E-state index is 12.3. The van der Waals surface area contributed by atoms with E-state index in [9.17, 15) is 9.59 Å². The number of carbonyl (C=O) groups excluding carboxylic acids is 2. The molecule has 0 saturated carbocycles. The lowest BCUT2D eigenvalue weighted by molar-refractivity contribution is -0.150. The Morgan fingerprint density at radius 3 is 2.44 bits per heavy atom. The number of anilines is 1. The summed E-state index contributed by atoms with van der Waals surface area (Å²) < 4.78 is 10.4. The number of aromatic nitrogens is 2. The number of amides is 1. The highest BCUT2D eigenvalue weighted by Crippen LogP contribution is 2.25. The molecule has 0 radical (unpaired) electrons. The van der Waals surface area contributed by atoms with Crippen molar-refractivity contribution in [1.29, 1.82) is 0 Å². The molecule has 1 heterocycles. The molecule has 2 rings (SSSR count). The average molecular weight is 389 g/mol. The Morgan fingerprint density at radius 1 is 1.15 bits per heavy atom. The van der Waals surface area contributed by atoms with Crippen molar-refractivity contribution in [3.8, 4) is 5.75 Å². The van der Waals surface area contributed by atoms with E-state index < -0.39 is 18.0 Å². The van der Waals surface area contributed by atoms with Crippen LogP contribution in [-0.4, -0.2) is 40.8 Å². The molecule has 2 aromatic rings. The van der Waals surface area contributed by atoms with E-state index in [1.807, 2.05) is 32.9 Å². The van der Waals surface area contributed by atoms with Gasteiger partial charge in [-0.2, -0.15) is 0 Å². The topological polar surface area (TPSA) is 90.4 Å². The van der Waals surface area contributed by atoms with Gasteiger partial charge in [0, 0.05) is 11.4 Å². The SMILES string of the molecule is COc1ccc(C)cc1NC(=O)[C@@H](C)OC(=O)CSc1nc(C)cc(C)n1. The van der Waals surface area contributed by atoms with Crippen LogP contribution in [0.4, 0.5) is 5.69 Å². The third-order valence-corrected chi connectivity index (χ3v) is 4.39. The molecule has 0 aliphatic carbocycles. The number of ether oxygens (including phenoxy) is 2. The van der Waals surface area contributed by atoms with Gasteiger partial charge >= 0.3 is 5.97 Å². The van der Waals surface area contributed by atoms with Crippen molar-refractivity contribution in [2.45, 2.75) is 39.0 Å². The summed E-state index contributed by atoms with van der Waals surface area (Å²) >= 11 is 1.17. The second-order valence-electron chi connectivity index (χ2n) is 6.05. The van der Waals surface area contributed by atoms with Gasteiger partial charge in [0.1, 0.15) is 5.75 Å². The zero-order valence-electron chi connectivity index (χ0n) is 16.0. The van der Waals surface area contributed by atoms with E-state index in [0.717, 1.165) is 17.0 Å². The molecule has 27 heavy (non-hydrogen) atoms. The minimum absolute atomic E-state index is 0.0221. The molecule has 8 heteroatoms. The van der Waals surface area contributed by atoms with Crippen molar-refractivity contribution >= 4 is 29.3 Å². The van der Waals surface area contributed by atoms with Crippen LogP contribution in [0.25, 0.3) is 0 Å². The molecule has 7 nitrogen and oxygen atoms in total. The second kappa shape index (κ2) is 9.36. The van der Waals surface area contributed by atoms with Crippen LogP contribution >= 0.6 is 11.8 Å². The summed E-state index contributed by atoms with van der Waals surface area (Å²) in [7, 11) is 1.52. The van der Waals surface area contributed by atoms with Crippen LogP contribution in [0.2, 0.25) is 0 Å². The van der Waals surface area contributed by atoms with Gasteiger partial charge < -0.3 is 14.8 Å². The summed E-state index contributed by atoms with van der Waals surface area (Å²) in [5.41, 5.74) is 3.17. The predicted octanol–water partition coefficient (Wildman–Crippen LogP) is 3.07. The van der Waals surface area contributed by atoms with E-state index in [0.29, 0.717) is 16.6 Å². The number of rotatable bonds is 7. The zero-order valence-corrected chi connectivity index (χ0v) is 16.8. The van der Waals surface area contributed by atoms with Crippen molar-refractivity contribution in [1.82, 2.24) is 9.97 Å². The lowest BCUT2D eigenvalue weighted by Gasteiger charge is -2.15. The lowest BCUT2D eigenvalue weighted by Crippen LogP contribution is -2.30. The van der Waals surface area contributed by atoms with Crippen LogP contribution in [0.3, 0.4) is 0 Å². The Bertz CT molecular complexity index is 821. The lowest BCUT2D eigenvalue weighted by atomic mass is 10.2. The van der Waals surface area contributed by atoms with Crippen molar-refractivity contribution in [3.05, 3.63) is 41.2 Å². The monoisotopic (exact) mass is 389 g/mol. The molecule has 0 saturated heterocycles. The fourth-order valence-corrected chi connectivity index (χ4v) is 3.05. The van der Waals surface area contributed by atoms with E-state index in [1.54, 1.807) is 12.1 Å². The summed E-state index contributed by atoms with van der Waals surface area (Å²) in [4.78, 5) is 32.9. The van der Waals surface area contributed by atoms with E-state index in [1.165, 1.54) is 25.8 Å². The maximum absolute atomic E-state index is 12.3. The zero-order chi connectivity index (χ0) is 20.0. The second-order valence-corrected chi connectivity index (χ2v) is 6.99. The Kier molecular flexibility index (Phi) is 7.18. The van der Waals surface area contributed by atoms with Crippen molar-refractivity contribution < 1.29 is 19.1 Å². The fraction of sp³-hybridized carbons (Fsp3) is 0.368. The van der Waals surface area contributed by atoms with E-state index >= 15 is 0 Å². The van der Waals surface area contributed by atoms with E-state index in [2.05, 4.69) is 15.3 Å².